The van der Waals surface area contributed by atoms with E-state index in [0.29, 0.717) is 12.2 Å². The van der Waals surface area contributed by atoms with Crippen LogP contribution in [0.5, 0.6) is 5.75 Å². The van der Waals surface area contributed by atoms with Gasteiger partial charge < -0.3 is 14.6 Å². The first-order valence-corrected chi connectivity index (χ1v) is 5.77. The monoisotopic (exact) mass is 248 g/mol. The largest absolute Gasteiger partial charge is 0.496 e. The first-order valence-electron chi connectivity index (χ1n) is 5.77. The Hall–Kier alpha value is -1.81. The number of rotatable bonds is 4. The van der Waals surface area contributed by atoms with Crippen LogP contribution in [0.15, 0.2) is 36.4 Å². The standard InChI is InChI=1S/C14H16O4/c1-14(8-7-13(16)18-14)12(15)9-10-5-3-4-6-11(10)17-2/h3-8,12,15H,9H2,1-2H3/t12-,14+/m1/s1. The zero-order valence-electron chi connectivity index (χ0n) is 10.4. The van der Waals surface area contributed by atoms with Crippen LogP contribution in [0.3, 0.4) is 0 Å². The van der Waals surface area contributed by atoms with Crippen LogP contribution in [0.4, 0.5) is 0 Å². The molecule has 1 aliphatic rings. The van der Waals surface area contributed by atoms with Gasteiger partial charge in [-0.3, -0.25) is 0 Å². The van der Waals surface area contributed by atoms with E-state index in [1.807, 2.05) is 24.3 Å². The molecule has 1 aromatic carbocycles. The molecular weight excluding hydrogens is 232 g/mol. The number of benzene rings is 1. The van der Waals surface area contributed by atoms with E-state index in [4.69, 9.17) is 9.47 Å². The van der Waals surface area contributed by atoms with Gasteiger partial charge in [-0.25, -0.2) is 4.79 Å². The molecule has 96 valence electrons. The number of aliphatic hydroxyl groups is 1. The highest BCUT2D eigenvalue weighted by atomic mass is 16.6. The van der Waals surface area contributed by atoms with E-state index in [-0.39, 0.29) is 0 Å². The highest BCUT2D eigenvalue weighted by molar-refractivity contribution is 5.85. The SMILES string of the molecule is COc1ccccc1C[C@@H](O)[C@]1(C)C=CC(=O)O1. The third kappa shape index (κ3) is 2.38. The van der Waals surface area contributed by atoms with Gasteiger partial charge in [0.2, 0.25) is 0 Å². The number of para-hydroxylation sites is 1. The predicted molar refractivity (Wildman–Crippen MR) is 66.3 cm³/mol. The van der Waals surface area contributed by atoms with Gasteiger partial charge in [-0.05, 0) is 24.6 Å². The molecule has 0 saturated carbocycles. The third-order valence-corrected chi connectivity index (χ3v) is 3.14. The van der Waals surface area contributed by atoms with Crippen LogP contribution in [0.2, 0.25) is 0 Å². The first-order chi connectivity index (χ1) is 8.55. The summed E-state index contributed by atoms with van der Waals surface area (Å²) in [6.45, 7) is 1.69. The molecule has 0 aliphatic carbocycles. The molecule has 0 unspecified atom stereocenters. The molecule has 1 aromatic rings. The van der Waals surface area contributed by atoms with Gasteiger partial charge in [0.15, 0.2) is 5.60 Å². The summed E-state index contributed by atoms with van der Waals surface area (Å²) in [6.07, 6.45) is 2.48. The summed E-state index contributed by atoms with van der Waals surface area (Å²) in [4.78, 5) is 11.1. The number of aliphatic hydroxyl groups excluding tert-OH is 1. The van der Waals surface area contributed by atoms with E-state index in [2.05, 4.69) is 0 Å². The van der Waals surface area contributed by atoms with Gasteiger partial charge in [-0.15, -0.1) is 0 Å². The van der Waals surface area contributed by atoms with Crippen molar-refractivity contribution in [3.05, 3.63) is 42.0 Å². The quantitative estimate of drug-likeness (QED) is 0.820. The molecule has 4 heteroatoms. The maximum Gasteiger partial charge on any atom is 0.331 e. The predicted octanol–water partition coefficient (Wildman–Crippen LogP) is 1.47. The fourth-order valence-electron chi connectivity index (χ4n) is 1.98. The lowest BCUT2D eigenvalue weighted by Crippen LogP contribution is -2.40. The second-order valence-corrected chi connectivity index (χ2v) is 4.47. The molecule has 1 heterocycles. The van der Waals surface area contributed by atoms with Gasteiger partial charge in [0.25, 0.3) is 0 Å². The molecule has 0 bridgehead atoms. The molecular formula is C14H16O4. The van der Waals surface area contributed by atoms with Crippen LogP contribution >= 0.6 is 0 Å². The summed E-state index contributed by atoms with van der Waals surface area (Å²) in [7, 11) is 1.59. The number of ether oxygens (including phenoxy) is 2. The highest BCUT2D eigenvalue weighted by Gasteiger charge is 2.38. The van der Waals surface area contributed by atoms with Crippen LogP contribution < -0.4 is 4.74 Å². The first kappa shape index (κ1) is 12.6. The van der Waals surface area contributed by atoms with Crippen molar-refractivity contribution in [2.24, 2.45) is 0 Å². The minimum absolute atomic E-state index is 0.359. The summed E-state index contributed by atoms with van der Waals surface area (Å²) in [5.74, 6) is 0.296. The normalized spacial score (nSPS) is 23.8. The van der Waals surface area contributed by atoms with Crippen molar-refractivity contribution in [3.63, 3.8) is 0 Å². The minimum Gasteiger partial charge on any atom is -0.496 e. The van der Waals surface area contributed by atoms with E-state index in [9.17, 15) is 9.90 Å². The maximum absolute atomic E-state index is 11.1. The second-order valence-electron chi connectivity index (χ2n) is 4.47. The average molecular weight is 248 g/mol. The van der Waals surface area contributed by atoms with E-state index in [0.717, 1.165) is 5.56 Å². The van der Waals surface area contributed by atoms with Crippen molar-refractivity contribution >= 4 is 5.97 Å². The average Bonchev–Trinajstić information content (AvgIpc) is 2.71. The van der Waals surface area contributed by atoms with Gasteiger partial charge in [0.1, 0.15) is 11.9 Å². The summed E-state index contributed by atoms with van der Waals surface area (Å²) in [6, 6.07) is 7.46. The fraction of sp³-hybridized carbons (Fsp3) is 0.357. The van der Waals surface area contributed by atoms with Crippen LogP contribution in [0.25, 0.3) is 0 Å². The van der Waals surface area contributed by atoms with Crippen LogP contribution in [-0.4, -0.2) is 29.9 Å². The number of cyclic esters (lactones) is 1. The van der Waals surface area contributed by atoms with Gasteiger partial charge in [0, 0.05) is 12.5 Å². The molecule has 1 N–H and O–H groups in total. The van der Waals surface area contributed by atoms with Crippen molar-refractivity contribution < 1.29 is 19.4 Å². The molecule has 0 fully saturated rings. The van der Waals surface area contributed by atoms with Crippen molar-refractivity contribution in [2.45, 2.75) is 25.0 Å². The van der Waals surface area contributed by atoms with E-state index in [1.54, 1.807) is 20.1 Å². The van der Waals surface area contributed by atoms with E-state index in [1.165, 1.54) is 6.08 Å². The fourth-order valence-corrected chi connectivity index (χ4v) is 1.98. The van der Waals surface area contributed by atoms with Gasteiger partial charge >= 0.3 is 5.97 Å². The zero-order valence-corrected chi connectivity index (χ0v) is 10.4. The van der Waals surface area contributed by atoms with Crippen molar-refractivity contribution in [1.82, 2.24) is 0 Å². The van der Waals surface area contributed by atoms with Crippen molar-refractivity contribution in [1.29, 1.82) is 0 Å². The van der Waals surface area contributed by atoms with Crippen LogP contribution in [0.1, 0.15) is 12.5 Å². The Bertz CT molecular complexity index is 480. The molecule has 1 aliphatic heterocycles. The summed E-state index contributed by atoms with van der Waals surface area (Å²) < 4.78 is 10.3. The lowest BCUT2D eigenvalue weighted by molar-refractivity contribution is -0.152. The third-order valence-electron chi connectivity index (χ3n) is 3.14. The van der Waals surface area contributed by atoms with Crippen molar-refractivity contribution in [3.8, 4) is 5.75 Å². The highest BCUT2D eigenvalue weighted by Crippen LogP contribution is 2.28. The summed E-state index contributed by atoms with van der Waals surface area (Å²) in [5.41, 5.74) is -0.0807. The Morgan fingerprint density at radius 3 is 2.78 bits per heavy atom. The Labute approximate surface area is 106 Å². The number of methoxy groups -OCH3 is 1. The smallest absolute Gasteiger partial charge is 0.331 e. The zero-order chi connectivity index (χ0) is 13.2. The summed E-state index contributed by atoms with van der Waals surface area (Å²) in [5, 5.41) is 10.2. The molecule has 0 amide bonds. The van der Waals surface area contributed by atoms with E-state index < -0.39 is 17.7 Å². The molecule has 2 rings (SSSR count). The topological polar surface area (TPSA) is 55.8 Å². The number of hydrogen-bond donors (Lipinski definition) is 1. The van der Waals surface area contributed by atoms with Gasteiger partial charge in [-0.1, -0.05) is 18.2 Å². The molecule has 0 radical (unpaired) electrons. The summed E-state index contributed by atoms with van der Waals surface area (Å²) >= 11 is 0. The van der Waals surface area contributed by atoms with Crippen molar-refractivity contribution in [2.75, 3.05) is 7.11 Å². The second kappa shape index (κ2) is 4.82. The lowest BCUT2D eigenvalue weighted by atomic mass is 9.93. The van der Waals surface area contributed by atoms with Crippen LogP contribution in [-0.2, 0) is 16.0 Å². The number of carbonyl (C=O) groups excluding carboxylic acids is 1. The molecule has 0 aromatic heterocycles. The minimum atomic E-state index is -0.960. The Kier molecular flexibility index (Phi) is 3.39. The molecule has 2 atom stereocenters. The van der Waals surface area contributed by atoms with E-state index >= 15 is 0 Å². The molecule has 18 heavy (non-hydrogen) atoms. The molecule has 0 spiro atoms. The van der Waals surface area contributed by atoms with Gasteiger partial charge in [0.05, 0.1) is 7.11 Å². The van der Waals surface area contributed by atoms with Gasteiger partial charge in [-0.2, -0.15) is 0 Å². The molecule has 0 saturated heterocycles. The Morgan fingerprint density at radius 1 is 1.44 bits per heavy atom. The lowest BCUT2D eigenvalue weighted by Gasteiger charge is -2.27. The molecule has 4 nitrogen and oxygen atoms in total. The number of hydrogen-bond acceptors (Lipinski definition) is 4. The maximum atomic E-state index is 11.1. The number of esters is 1. The Balaban J connectivity index is 2.14. The Morgan fingerprint density at radius 2 is 2.17 bits per heavy atom. The number of carbonyl (C=O) groups is 1. The van der Waals surface area contributed by atoms with Crippen LogP contribution in [0, 0.1) is 0 Å².